The molecular formula is C16H24FNO. The highest BCUT2D eigenvalue weighted by Crippen LogP contribution is 2.36. The first-order valence-electron chi connectivity index (χ1n) is 7.21. The maximum absolute atomic E-state index is 12.8. The van der Waals surface area contributed by atoms with Gasteiger partial charge in [0, 0.05) is 12.6 Å². The van der Waals surface area contributed by atoms with Crippen molar-refractivity contribution in [2.75, 3.05) is 6.54 Å². The molecule has 0 spiro atoms. The highest BCUT2D eigenvalue weighted by Gasteiger charge is 2.30. The Kier molecular flexibility index (Phi) is 4.94. The van der Waals surface area contributed by atoms with E-state index in [1.807, 2.05) is 12.1 Å². The predicted molar refractivity (Wildman–Crippen MR) is 75.6 cm³/mol. The van der Waals surface area contributed by atoms with Crippen LogP contribution in [0.25, 0.3) is 0 Å². The molecule has 0 radical (unpaired) electrons. The van der Waals surface area contributed by atoms with E-state index in [0.717, 1.165) is 19.3 Å². The van der Waals surface area contributed by atoms with Gasteiger partial charge in [-0.05, 0) is 48.8 Å². The molecule has 0 saturated heterocycles. The molecule has 106 valence electrons. The van der Waals surface area contributed by atoms with Crippen LogP contribution in [0.15, 0.2) is 24.3 Å². The predicted octanol–water partition coefficient (Wildman–Crippen LogP) is 3.07. The quantitative estimate of drug-likeness (QED) is 0.828. The highest BCUT2D eigenvalue weighted by atomic mass is 19.1. The summed E-state index contributed by atoms with van der Waals surface area (Å²) < 4.78 is 12.8. The van der Waals surface area contributed by atoms with Crippen molar-refractivity contribution in [2.45, 2.75) is 51.2 Å². The molecule has 2 N–H and O–H groups in total. The fourth-order valence-corrected chi connectivity index (χ4v) is 2.72. The normalized spacial score (nSPS) is 24.3. The van der Waals surface area contributed by atoms with E-state index < -0.39 is 0 Å². The molecule has 1 aromatic rings. The molecule has 19 heavy (non-hydrogen) atoms. The average Bonchev–Trinajstić information content (AvgIpc) is 2.28. The number of halogens is 1. The first kappa shape index (κ1) is 14.5. The number of hydrogen-bond acceptors (Lipinski definition) is 2. The van der Waals surface area contributed by atoms with E-state index in [9.17, 15) is 9.50 Å². The Morgan fingerprint density at radius 2 is 1.89 bits per heavy atom. The van der Waals surface area contributed by atoms with Gasteiger partial charge in [0.2, 0.25) is 0 Å². The number of aliphatic hydroxyl groups is 1. The fourth-order valence-electron chi connectivity index (χ4n) is 2.72. The van der Waals surface area contributed by atoms with Crippen LogP contribution in [0.5, 0.6) is 0 Å². The van der Waals surface area contributed by atoms with E-state index in [2.05, 4.69) is 19.2 Å². The van der Waals surface area contributed by atoms with Gasteiger partial charge in [-0.1, -0.05) is 26.0 Å². The van der Waals surface area contributed by atoms with Gasteiger partial charge in [-0.15, -0.1) is 0 Å². The Morgan fingerprint density at radius 3 is 2.47 bits per heavy atom. The van der Waals surface area contributed by atoms with Crippen molar-refractivity contribution in [3.8, 4) is 0 Å². The smallest absolute Gasteiger partial charge is 0.123 e. The summed E-state index contributed by atoms with van der Waals surface area (Å²) in [4.78, 5) is 0. The van der Waals surface area contributed by atoms with Crippen molar-refractivity contribution in [1.29, 1.82) is 0 Å². The summed E-state index contributed by atoms with van der Waals surface area (Å²) >= 11 is 0. The van der Waals surface area contributed by atoms with Gasteiger partial charge in [0.1, 0.15) is 5.82 Å². The van der Waals surface area contributed by atoms with E-state index in [1.165, 1.54) is 17.7 Å². The summed E-state index contributed by atoms with van der Waals surface area (Å²) in [6.45, 7) is 4.92. The van der Waals surface area contributed by atoms with Crippen LogP contribution in [0.2, 0.25) is 0 Å². The van der Waals surface area contributed by atoms with Crippen molar-refractivity contribution < 1.29 is 9.50 Å². The minimum atomic E-state index is -0.245. The van der Waals surface area contributed by atoms with Gasteiger partial charge >= 0.3 is 0 Å². The first-order valence-corrected chi connectivity index (χ1v) is 7.21. The van der Waals surface area contributed by atoms with Crippen LogP contribution in [0, 0.1) is 11.7 Å². The average molecular weight is 265 g/mol. The maximum atomic E-state index is 12.8. The second-order valence-corrected chi connectivity index (χ2v) is 6.11. The van der Waals surface area contributed by atoms with E-state index in [-0.39, 0.29) is 11.9 Å². The Labute approximate surface area is 115 Å². The number of nitrogens with one attached hydrogen (secondary N) is 1. The van der Waals surface area contributed by atoms with Crippen molar-refractivity contribution >= 4 is 0 Å². The molecule has 0 heterocycles. The molecule has 1 aromatic carbocycles. The van der Waals surface area contributed by atoms with Crippen LogP contribution in [-0.4, -0.2) is 23.8 Å². The van der Waals surface area contributed by atoms with E-state index >= 15 is 0 Å². The van der Waals surface area contributed by atoms with Crippen LogP contribution in [0.1, 0.15) is 44.6 Å². The van der Waals surface area contributed by atoms with Gasteiger partial charge in [-0.2, -0.15) is 0 Å². The summed E-state index contributed by atoms with van der Waals surface area (Å²) in [5.41, 5.74) is 1.22. The minimum absolute atomic E-state index is 0.172. The molecule has 2 nitrogen and oxygen atoms in total. The lowest BCUT2D eigenvalue weighted by atomic mass is 9.76. The van der Waals surface area contributed by atoms with Crippen molar-refractivity contribution in [3.63, 3.8) is 0 Å². The van der Waals surface area contributed by atoms with E-state index in [1.54, 1.807) is 0 Å². The summed E-state index contributed by atoms with van der Waals surface area (Å²) in [6, 6.07) is 7.32. The molecule has 3 heteroatoms. The van der Waals surface area contributed by atoms with Crippen molar-refractivity contribution in [2.24, 2.45) is 5.92 Å². The Hall–Kier alpha value is -0.930. The van der Waals surface area contributed by atoms with E-state index in [0.29, 0.717) is 24.4 Å². The first-order chi connectivity index (χ1) is 9.04. The molecule has 0 bridgehead atoms. The molecular weight excluding hydrogens is 241 g/mol. The molecule has 1 aliphatic rings. The van der Waals surface area contributed by atoms with Gasteiger partial charge < -0.3 is 10.4 Å². The number of hydrogen-bond donors (Lipinski definition) is 2. The van der Waals surface area contributed by atoms with Crippen molar-refractivity contribution in [3.05, 3.63) is 35.6 Å². The standard InChI is InChI=1S/C16H24FNO/c1-11(2)7-16(19)10-18-15-8-13(9-15)12-3-5-14(17)6-4-12/h3-6,11,13,15-16,18-19H,7-10H2,1-2H3. The van der Waals surface area contributed by atoms with Crippen LogP contribution in [-0.2, 0) is 0 Å². The monoisotopic (exact) mass is 265 g/mol. The molecule has 1 fully saturated rings. The van der Waals surface area contributed by atoms with E-state index in [4.69, 9.17) is 0 Å². The number of aliphatic hydroxyl groups excluding tert-OH is 1. The van der Waals surface area contributed by atoms with Crippen molar-refractivity contribution in [1.82, 2.24) is 5.32 Å². The summed E-state index contributed by atoms with van der Waals surface area (Å²) in [6.07, 6.45) is 2.77. The minimum Gasteiger partial charge on any atom is -0.392 e. The van der Waals surface area contributed by atoms with Gasteiger partial charge in [-0.25, -0.2) is 4.39 Å². The number of benzene rings is 1. The third kappa shape index (κ3) is 4.29. The van der Waals surface area contributed by atoms with Gasteiger partial charge in [-0.3, -0.25) is 0 Å². The zero-order valence-electron chi connectivity index (χ0n) is 11.8. The SMILES string of the molecule is CC(C)CC(O)CNC1CC(c2ccc(F)cc2)C1. The molecule has 1 saturated carbocycles. The number of rotatable bonds is 6. The molecule has 0 aliphatic heterocycles. The molecule has 1 atom stereocenters. The van der Waals surface area contributed by atoms with Crippen LogP contribution < -0.4 is 5.32 Å². The second-order valence-electron chi connectivity index (χ2n) is 6.11. The summed E-state index contributed by atoms with van der Waals surface area (Å²) in [7, 11) is 0. The highest BCUT2D eigenvalue weighted by molar-refractivity contribution is 5.23. The zero-order valence-corrected chi connectivity index (χ0v) is 11.8. The molecule has 2 rings (SSSR count). The lowest BCUT2D eigenvalue weighted by Gasteiger charge is -2.37. The Balaban J connectivity index is 1.67. The zero-order chi connectivity index (χ0) is 13.8. The second kappa shape index (κ2) is 6.49. The lowest BCUT2D eigenvalue weighted by molar-refractivity contribution is 0.133. The fraction of sp³-hybridized carbons (Fsp3) is 0.625. The molecule has 0 amide bonds. The Morgan fingerprint density at radius 1 is 1.26 bits per heavy atom. The lowest BCUT2D eigenvalue weighted by Crippen LogP contribution is -2.43. The Bertz CT molecular complexity index is 384. The maximum Gasteiger partial charge on any atom is 0.123 e. The summed E-state index contributed by atoms with van der Waals surface area (Å²) in [5, 5.41) is 13.2. The topological polar surface area (TPSA) is 32.3 Å². The third-order valence-corrected chi connectivity index (χ3v) is 3.87. The van der Waals surface area contributed by atoms with Crippen LogP contribution in [0.4, 0.5) is 4.39 Å². The third-order valence-electron chi connectivity index (χ3n) is 3.87. The molecule has 1 unspecified atom stereocenters. The molecule has 1 aliphatic carbocycles. The van der Waals surface area contributed by atoms with Gasteiger partial charge in [0.15, 0.2) is 0 Å². The largest absolute Gasteiger partial charge is 0.392 e. The van der Waals surface area contributed by atoms with Crippen LogP contribution in [0.3, 0.4) is 0 Å². The van der Waals surface area contributed by atoms with Gasteiger partial charge in [0.05, 0.1) is 6.10 Å². The van der Waals surface area contributed by atoms with Crippen LogP contribution >= 0.6 is 0 Å². The molecule has 0 aromatic heterocycles. The van der Waals surface area contributed by atoms with Gasteiger partial charge in [0.25, 0.3) is 0 Å². The summed E-state index contributed by atoms with van der Waals surface area (Å²) in [5.74, 6) is 0.903.